The largest absolute Gasteiger partial charge is 0.412 e. The van der Waals surface area contributed by atoms with E-state index in [1.165, 1.54) is 10.4 Å². The number of hydrogen-bond acceptors (Lipinski definition) is 2. The predicted molar refractivity (Wildman–Crippen MR) is 112 cm³/mol. The van der Waals surface area contributed by atoms with E-state index in [1.807, 2.05) is 0 Å². The summed E-state index contributed by atoms with van der Waals surface area (Å²) in [5.74, 6) is 0. The Hall–Kier alpha value is -0.426. The molecule has 0 spiro atoms. The Morgan fingerprint density at radius 1 is 0.667 bits per heavy atom. The van der Waals surface area contributed by atoms with Crippen molar-refractivity contribution in [3.8, 4) is 0 Å². The molecule has 0 amide bonds. The zero-order valence-corrected chi connectivity index (χ0v) is 18.8. The van der Waals surface area contributed by atoms with Gasteiger partial charge in [0.1, 0.15) is 0 Å². The predicted octanol–water partition coefficient (Wildman–Crippen LogP) is 4.92. The third-order valence-corrected chi connectivity index (χ3v) is 14.2. The van der Waals surface area contributed by atoms with Crippen molar-refractivity contribution < 1.29 is 8.85 Å². The zero-order valence-electron chi connectivity index (χ0n) is 16.8. The van der Waals surface area contributed by atoms with Crippen molar-refractivity contribution in [2.45, 2.75) is 78.6 Å². The van der Waals surface area contributed by atoms with Gasteiger partial charge in [0.2, 0.25) is 16.6 Å². The highest BCUT2D eigenvalue weighted by Crippen LogP contribution is 2.20. The van der Waals surface area contributed by atoms with Gasteiger partial charge in [-0.25, -0.2) is 0 Å². The van der Waals surface area contributed by atoms with Crippen molar-refractivity contribution in [1.82, 2.24) is 0 Å². The molecule has 0 aromatic heterocycles. The first-order chi connectivity index (χ1) is 11.6. The van der Waals surface area contributed by atoms with E-state index in [9.17, 15) is 0 Å². The molecule has 0 bridgehead atoms. The van der Waals surface area contributed by atoms with Crippen LogP contribution in [0.2, 0.25) is 24.2 Å². The monoisotopic (exact) mass is 366 g/mol. The minimum atomic E-state index is -1.84. The minimum Gasteiger partial charge on any atom is -0.412 e. The first-order valence-corrected chi connectivity index (χ1v) is 14.6. The summed E-state index contributed by atoms with van der Waals surface area (Å²) in [7, 11) is -3.68. The molecule has 138 valence electrons. The second-order valence-electron chi connectivity index (χ2n) is 6.68. The van der Waals surface area contributed by atoms with Crippen molar-refractivity contribution in [2.75, 3.05) is 13.2 Å². The molecule has 0 saturated heterocycles. The van der Waals surface area contributed by atoms with Gasteiger partial charge in [0.25, 0.3) is 0 Å². The van der Waals surface area contributed by atoms with Gasteiger partial charge in [0, 0.05) is 13.2 Å². The molecule has 0 saturated carbocycles. The highest BCUT2D eigenvalue weighted by Gasteiger charge is 2.37. The summed E-state index contributed by atoms with van der Waals surface area (Å²) in [6.07, 6.45) is 2.19. The van der Waals surface area contributed by atoms with E-state index in [4.69, 9.17) is 8.85 Å². The van der Waals surface area contributed by atoms with Gasteiger partial charge in [-0.05, 0) is 47.4 Å². The van der Waals surface area contributed by atoms with Gasteiger partial charge in [-0.2, -0.15) is 0 Å². The van der Waals surface area contributed by atoms with Crippen molar-refractivity contribution >= 4 is 27.0 Å². The van der Waals surface area contributed by atoms with Crippen LogP contribution in [0.3, 0.4) is 0 Å². The Labute approximate surface area is 152 Å². The lowest BCUT2D eigenvalue weighted by atomic mass is 10.4. The summed E-state index contributed by atoms with van der Waals surface area (Å²) in [4.78, 5) is 0. The fourth-order valence-electron chi connectivity index (χ4n) is 3.57. The molecule has 0 fully saturated rings. The van der Waals surface area contributed by atoms with Crippen LogP contribution in [0.15, 0.2) is 24.3 Å². The fraction of sp³-hybridized carbons (Fsp3) is 0.700. The molecule has 0 N–H and O–H groups in total. The van der Waals surface area contributed by atoms with Crippen molar-refractivity contribution in [3.63, 3.8) is 0 Å². The molecule has 0 aliphatic rings. The molecule has 24 heavy (non-hydrogen) atoms. The van der Waals surface area contributed by atoms with Crippen LogP contribution < -0.4 is 10.4 Å². The number of rotatable bonds is 12. The molecule has 0 heterocycles. The van der Waals surface area contributed by atoms with Crippen LogP contribution in [0.25, 0.3) is 0 Å². The first-order valence-electron chi connectivity index (χ1n) is 9.96. The minimum absolute atomic E-state index is 0.884. The maximum Gasteiger partial charge on any atom is 0.223 e. The van der Waals surface area contributed by atoms with E-state index in [0.717, 1.165) is 50.2 Å². The van der Waals surface area contributed by atoms with Gasteiger partial charge < -0.3 is 8.85 Å². The Balaban J connectivity index is 3.27. The van der Waals surface area contributed by atoms with Gasteiger partial charge in [-0.3, -0.25) is 0 Å². The summed E-state index contributed by atoms with van der Waals surface area (Å²) in [5.41, 5.74) is 0. The average molecular weight is 367 g/mol. The maximum absolute atomic E-state index is 6.49. The van der Waals surface area contributed by atoms with Gasteiger partial charge in [0.15, 0.2) is 0 Å². The third kappa shape index (κ3) is 4.81. The number of benzene rings is 1. The van der Waals surface area contributed by atoms with Gasteiger partial charge in [-0.1, -0.05) is 65.8 Å². The SMILES string of the molecule is CCCO[Si](CC)(CC)c1cccc([Si](CC)(CC)OCCC)c1. The van der Waals surface area contributed by atoms with Gasteiger partial charge in [0.05, 0.1) is 0 Å². The van der Waals surface area contributed by atoms with Crippen molar-refractivity contribution in [2.24, 2.45) is 0 Å². The summed E-state index contributed by atoms with van der Waals surface area (Å²) in [5, 5.41) is 2.94. The Bertz CT molecular complexity index is 429. The van der Waals surface area contributed by atoms with Gasteiger partial charge in [-0.15, -0.1) is 0 Å². The fourth-order valence-corrected chi connectivity index (χ4v) is 10.3. The lowest BCUT2D eigenvalue weighted by Gasteiger charge is -2.33. The molecule has 1 rings (SSSR count). The normalized spacial score (nSPS) is 12.6. The van der Waals surface area contributed by atoms with E-state index in [0.29, 0.717) is 0 Å². The zero-order chi connectivity index (χ0) is 18.1. The first kappa shape index (κ1) is 21.6. The number of hydrogen-bond donors (Lipinski definition) is 0. The Kier molecular flexibility index (Phi) is 9.49. The highest BCUT2D eigenvalue weighted by molar-refractivity contribution is 6.89. The molecule has 0 radical (unpaired) electrons. The van der Waals surface area contributed by atoms with Crippen LogP contribution in [0.5, 0.6) is 0 Å². The summed E-state index contributed by atoms with van der Waals surface area (Å²) >= 11 is 0. The van der Waals surface area contributed by atoms with Crippen LogP contribution in [0, 0.1) is 0 Å². The topological polar surface area (TPSA) is 18.5 Å². The average Bonchev–Trinajstić information content (AvgIpc) is 2.65. The van der Waals surface area contributed by atoms with Crippen LogP contribution in [0.1, 0.15) is 54.4 Å². The van der Waals surface area contributed by atoms with E-state index in [2.05, 4.69) is 65.8 Å². The standard InChI is InChI=1S/C20H38O2Si2/c1-7-16-21-23(9-3,10-4)19-14-13-15-20(18-19)24(11-5,12-6)22-17-8-2/h13-15,18H,7-12,16-17H2,1-6H3. The second kappa shape index (κ2) is 10.5. The third-order valence-electron chi connectivity index (χ3n) is 5.36. The Morgan fingerprint density at radius 3 is 1.33 bits per heavy atom. The van der Waals surface area contributed by atoms with Crippen molar-refractivity contribution in [1.29, 1.82) is 0 Å². The van der Waals surface area contributed by atoms with Gasteiger partial charge >= 0.3 is 0 Å². The van der Waals surface area contributed by atoms with Crippen LogP contribution in [0.4, 0.5) is 0 Å². The second-order valence-corrected chi connectivity index (χ2v) is 15.2. The molecule has 4 heteroatoms. The quantitative estimate of drug-likeness (QED) is 0.489. The molecule has 0 unspecified atom stereocenters. The summed E-state index contributed by atoms with van der Waals surface area (Å²) < 4.78 is 13.0. The molecule has 0 atom stereocenters. The van der Waals surface area contributed by atoms with E-state index in [1.54, 1.807) is 0 Å². The maximum atomic E-state index is 6.49. The molecular formula is C20H38O2Si2. The lowest BCUT2D eigenvalue weighted by Crippen LogP contribution is -2.55. The molecule has 2 nitrogen and oxygen atoms in total. The van der Waals surface area contributed by atoms with Crippen LogP contribution in [-0.2, 0) is 8.85 Å². The highest BCUT2D eigenvalue weighted by atomic mass is 28.4. The molecule has 0 aliphatic carbocycles. The van der Waals surface area contributed by atoms with E-state index in [-0.39, 0.29) is 0 Å². The van der Waals surface area contributed by atoms with Crippen LogP contribution >= 0.6 is 0 Å². The molecule has 0 aliphatic heterocycles. The summed E-state index contributed by atoms with van der Waals surface area (Å²) in [6.45, 7) is 15.4. The van der Waals surface area contributed by atoms with E-state index < -0.39 is 16.6 Å². The molecular weight excluding hydrogens is 328 g/mol. The van der Waals surface area contributed by atoms with E-state index >= 15 is 0 Å². The lowest BCUT2D eigenvalue weighted by molar-refractivity contribution is 0.307. The van der Waals surface area contributed by atoms with Crippen molar-refractivity contribution in [3.05, 3.63) is 24.3 Å². The summed E-state index contributed by atoms with van der Waals surface area (Å²) in [6, 6.07) is 13.9. The smallest absolute Gasteiger partial charge is 0.223 e. The van der Waals surface area contributed by atoms with Crippen LogP contribution in [-0.4, -0.2) is 29.8 Å². The molecule has 1 aromatic rings. The Morgan fingerprint density at radius 2 is 1.04 bits per heavy atom. The molecule has 1 aromatic carbocycles.